The van der Waals surface area contributed by atoms with Crippen LogP contribution >= 0.6 is 11.6 Å². The summed E-state index contributed by atoms with van der Waals surface area (Å²) in [6.45, 7) is 2.42. The minimum atomic E-state index is -0.386. The molecule has 5 heteroatoms. The minimum absolute atomic E-state index is 0.0482. The Balaban J connectivity index is 2.74. The molecule has 0 aliphatic carbocycles. The molecule has 0 aliphatic rings. The summed E-state index contributed by atoms with van der Waals surface area (Å²) >= 11 is 5.89. The summed E-state index contributed by atoms with van der Waals surface area (Å²) in [5.74, 6) is -0.657. The molecule has 1 aromatic carbocycles. The van der Waals surface area contributed by atoms with Crippen molar-refractivity contribution in [2.45, 2.75) is 13.5 Å². The Kier molecular flexibility index (Phi) is 4.90. The molecule has 0 saturated heterocycles. The molecule has 0 saturated carbocycles. The number of amides is 1. The van der Waals surface area contributed by atoms with Crippen molar-refractivity contribution in [3.8, 4) is 0 Å². The van der Waals surface area contributed by atoms with Gasteiger partial charge in [0, 0.05) is 31.1 Å². The van der Waals surface area contributed by atoms with Gasteiger partial charge in [0.25, 0.3) is 0 Å². The molecule has 2 N–H and O–H groups in total. The Hall–Kier alpha value is -1.13. The van der Waals surface area contributed by atoms with E-state index in [0.29, 0.717) is 23.7 Å². The largest absolute Gasteiger partial charge is 0.341 e. The molecular formula is C12H16ClFN2O. The third-order valence-corrected chi connectivity index (χ3v) is 2.93. The first kappa shape index (κ1) is 13.9. The summed E-state index contributed by atoms with van der Waals surface area (Å²) in [6.07, 6.45) is 0. The van der Waals surface area contributed by atoms with Crippen LogP contribution in [0.2, 0.25) is 5.02 Å². The van der Waals surface area contributed by atoms with Crippen LogP contribution in [0.3, 0.4) is 0 Å². The molecule has 1 rings (SSSR count). The molecule has 0 spiro atoms. The van der Waals surface area contributed by atoms with Crippen LogP contribution in [0, 0.1) is 11.7 Å². The van der Waals surface area contributed by atoms with E-state index in [1.54, 1.807) is 20.0 Å². The Morgan fingerprint density at radius 2 is 2.24 bits per heavy atom. The van der Waals surface area contributed by atoms with Gasteiger partial charge in [-0.1, -0.05) is 24.6 Å². The van der Waals surface area contributed by atoms with Crippen LogP contribution in [-0.2, 0) is 11.3 Å². The third kappa shape index (κ3) is 3.68. The van der Waals surface area contributed by atoms with E-state index in [9.17, 15) is 9.18 Å². The first-order chi connectivity index (χ1) is 7.95. The number of nitrogens with two attached hydrogens (primary N) is 1. The topological polar surface area (TPSA) is 46.3 Å². The van der Waals surface area contributed by atoms with Gasteiger partial charge in [-0.2, -0.15) is 0 Å². The van der Waals surface area contributed by atoms with Crippen LogP contribution < -0.4 is 5.73 Å². The standard InChI is InChI=1S/C12H16ClFN2O/c1-8(6-15)12(17)16(2)7-9-3-4-10(14)5-11(9)13/h3-5,8H,6-7,15H2,1-2H3. The van der Waals surface area contributed by atoms with Crippen LogP contribution in [0.15, 0.2) is 18.2 Å². The predicted octanol–water partition coefficient (Wildman–Crippen LogP) is 2.03. The van der Waals surface area contributed by atoms with E-state index in [-0.39, 0.29) is 17.6 Å². The van der Waals surface area contributed by atoms with Crippen molar-refractivity contribution in [2.24, 2.45) is 11.7 Å². The lowest BCUT2D eigenvalue weighted by molar-refractivity contribution is -0.133. The van der Waals surface area contributed by atoms with Crippen LogP contribution in [0.5, 0.6) is 0 Å². The second-order valence-corrected chi connectivity index (χ2v) is 4.47. The zero-order valence-corrected chi connectivity index (χ0v) is 10.7. The average Bonchev–Trinajstić information content (AvgIpc) is 2.30. The van der Waals surface area contributed by atoms with Crippen molar-refractivity contribution in [1.82, 2.24) is 4.90 Å². The maximum absolute atomic E-state index is 12.8. The second-order valence-electron chi connectivity index (χ2n) is 4.07. The average molecular weight is 259 g/mol. The molecule has 3 nitrogen and oxygen atoms in total. The number of carbonyl (C=O) groups excluding carboxylic acids is 1. The summed E-state index contributed by atoms with van der Waals surface area (Å²) < 4.78 is 12.8. The van der Waals surface area contributed by atoms with Gasteiger partial charge < -0.3 is 10.6 Å². The van der Waals surface area contributed by atoms with Gasteiger partial charge in [0.15, 0.2) is 0 Å². The zero-order chi connectivity index (χ0) is 13.0. The Labute approximate surface area is 105 Å². The highest BCUT2D eigenvalue weighted by Crippen LogP contribution is 2.19. The quantitative estimate of drug-likeness (QED) is 0.898. The Morgan fingerprint density at radius 1 is 1.59 bits per heavy atom. The molecular weight excluding hydrogens is 243 g/mol. The fraction of sp³-hybridized carbons (Fsp3) is 0.417. The molecule has 0 aromatic heterocycles. The van der Waals surface area contributed by atoms with Crippen molar-refractivity contribution in [2.75, 3.05) is 13.6 Å². The van der Waals surface area contributed by atoms with E-state index in [1.807, 2.05) is 0 Å². The Bertz CT molecular complexity index is 411. The highest BCUT2D eigenvalue weighted by atomic mass is 35.5. The van der Waals surface area contributed by atoms with E-state index in [2.05, 4.69) is 0 Å². The highest BCUT2D eigenvalue weighted by molar-refractivity contribution is 6.31. The highest BCUT2D eigenvalue weighted by Gasteiger charge is 2.16. The van der Waals surface area contributed by atoms with Crippen molar-refractivity contribution in [3.05, 3.63) is 34.6 Å². The van der Waals surface area contributed by atoms with Gasteiger partial charge in [-0.25, -0.2) is 4.39 Å². The van der Waals surface area contributed by atoms with Gasteiger partial charge in [-0.15, -0.1) is 0 Å². The third-order valence-electron chi connectivity index (χ3n) is 2.57. The van der Waals surface area contributed by atoms with Gasteiger partial charge in [0.2, 0.25) is 5.91 Å². The lowest BCUT2D eigenvalue weighted by Crippen LogP contribution is -2.34. The number of rotatable bonds is 4. The van der Waals surface area contributed by atoms with Gasteiger partial charge >= 0.3 is 0 Å². The molecule has 0 fully saturated rings. The van der Waals surface area contributed by atoms with Crippen LogP contribution in [-0.4, -0.2) is 24.4 Å². The normalized spacial score (nSPS) is 12.3. The summed E-state index contributed by atoms with van der Waals surface area (Å²) in [5, 5.41) is 0.324. The van der Waals surface area contributed by atoms with E-state index >= 15 is 0 Å². The maximum atomic E-state index is 12.8. The Morgan fingerprint density at radius 3 is 2.76 bits per heavy atom. The molecule has 17 heavy (non-hydrogen) atoms. The van der Waals surface area contributed by atoms with E-state index < -0.39 is 0 Å². The second kappa shape index (κ2) is 5.98. The lowest BCUT2D eigenvalue weighted by atomic mass is 10.1. The molecule has 0 radical (unpaired) electrons. The fourth-order valence-corrected chi connectivity index (χ4v) is 1.69. The zero-order valence-electron chi connectivity index (χ0n) is 9.91. The number of benzene rings is 1. The molecule has 94 valence electrons. The van der Waals surface area contributed by atoms with E-state index in [1.165, 1.54) is 17.0 Å². The summed E-state index contributed by atoms with van der Waals surface area (Å²) in [5.41, 5.74) is 6.15. The molecule has 0 aliphatic heterocycles. The smallest absolute Gasteiger partial charge is 0.226 e. The SMILES string of the molecule is CC(CN)C(=O)N(C)Cc1ccc(F)cc1Cl. The molecule has 1 aromatic rings. The van der Waals surface area contributed by atoms with Gasteiger partial charge in [0.05, 0.1) is 0 Å². The van der Waals surface area contributed by atoms with E-state index in [4.69, 9.17) is 17.3 Å². The molecule has 1 atom stereocenters. The number of halogens is 2. The number of nitrogens with zero attached hydrogens (tertiary/aromatic N) is 1. The van der Waals surface area contributed by atoms with Gasteiger partial charge in [0.1, 0.15) is 5.82 Å². The molecule has 1 amide bonds. The molecule has 1 unspecified atom stereocenters. The predicted molar refractivity (Wildman–Crippen MR) is 66.1 cm³/mol. The van der Waals surface area contributed by atoms with Crippen molar-refractivity contribution in [3.63, 3.8) is 0 Å². The van der Waals surface area contributed by atoms with E-state index in [0.717, 1.165) is 0 Å². The first-order valence-corrected chi connectivity index (χ1v) is 5.72. The van der Waals surface area contributed by atoms with Crippen LogP contribution in [0.4, 0.5) is 4.39 Å². The summed E-state index contributed by atoms with van der Waals surface area (Å²) in [6, 6.07) is 4.14. The molecule has 0 heterocycles. The van der Waals surface area contributed by atoms with Gasteiger partial charge in [-0.05, 0) is 17.7 Å². The number of carbonyl (C=O) groups is 1. The van der Waals surface area contributed by atoms with Crippen LogP contribution in [0.25, 0.3) is 0 Å². The summed E-state index contributed by atoms with van der Waals surface area (Å²) in [7, 11) is 1.67. The number of hydrogen-bond donors (Lipinski definition) is 1. The fourth-order valence-electron chi connectivity index (χ4n) is 1.46. The van der Waals surface area contributed by atoms with Crippen molar-refractivity contribution >= 4 is 17.5 Å². The maximum Gasteiger partial charge on any atom is 0.226 e. The monoisotopic (exact) mass is 258 g/mol. The number of hydrogen-bond acceptors (Lipinski definition) is 2. The first-order valence-electron chi connectivity index (χ1n) is 5.34. The minimum Gasteiger partial charge on any atom is -0.341 e. The van der Waals surface area contributed by atoms with Crippen molar-refractivity contribution < 1.29 is 9.18 Å². The van der Waals surface area contributed by atoms with Crippen LogP contribution in [0.1, 0.15) is 12.5 Å². The molecule has 0 bridgehead atoms. The summed E-state index contributed by atoms with van der Waals surface area (Å²) in [4.78, 5) is 13.3. The lowest BCUT2D eigenvalue weighted by Gasteiger charge is -2.21. The van der Waals surface area contributed by atoms with Crippen molar-refractivity contribution in [1.29, 1.82) is 0 Å². The van der Waals surface area contributed by atoms with Gasteiger partial charge in [-0.3, -0.25) is 4.79 Å².